The largest absolute Gasteiger partial charge is 0.459 e. The Morgan fingerprint density at radius 1 is 1.14 bits per heavy atom. The van der Waals surface area contributed by atoms with Gasteiger partial charge < -0.3 is 19.5 Å². The third-order valence-electron chi connectivity index (χ3n) is 4.96. The minimum Gasteiger partial charge on any atom is -0.459 e. The lowest BCUT2D eigenvalue weighted by Gasteiger charge is -2.32. The molecule has 1 atom stereocenters. The number of furan rings is 1. The normalized spacial score (nSPS) is 12.0. The number of amides is 2. The second kappa shape index (κ2) is 9.44. The molecule has 0 fully saturated rings. The number of carbonyl (C=O) groups excluding carboxylic acids is 2. The molecule has 1 heterocycles. The van der Waals surface area contributed by atoms with Gasteiger partial charge in [0.15, 0.2) is 5.76 Å². The molecule has 0 aliphatic heterocycles. The number of benzene rings is 1. The van der Waals surface area contributed by atoms with E-state index in [1.807, 2.05) is 55.9 Å². The Balaban J connectivity index is 2.41. The lowest BCUT2D eigenvalue weighted by molar-refractivity contribution is -0.115. The molecule has 1 aromatic heterocycles. The SMILES string of the molecule is CCC(=O)Nc1ccc(N(C)C)c(CN(C(=O)c2ccco2)[C@H](C)C(C)C)c1. The molecule has 28 heavy (non-hydrogen) atoms. The molecular weight excluding hydrogens is 354 g/mol. The van der Waals surface area contributed by atoms with E-state index in [4.69, 9.17) is 4.42 Å². The molecule has 0 bridgehead atoms. The van der Waals surface area contributed by atoms with Crippen LogP contribution in [0.3, 0.4) is 0 Å². The molecule has 0 aliphatic carbocycles. The zero-order valence-corrected chi connectivity index (χ0v) is 17.7. The van der Waals surface area contributed by atoms with Crippen LogP contribution in [0.2, 0.25) is 0 Å². The topological polar surface area (TPSA) is 65.8 Å². The molecule has 6 nitrogen and oxygen atoms in total. The highest BCUT2D eigenvalue weighted by atomic mass is 16.3. The van der Waals surface area contributed by atoms with Crippen molar-refractivity contribution < 1.29 is 14.0 Å². The van der Waals surface area contributed by atoms with Gasteiger partial charge >= 0.3 is 0 Å². The highest BCUT2D eigenvalue weighted by molar-refractivity contribution is 5.92. The number of hydrogen-bond acceptors (Lipinski definition) is 4. The van der Waals surface area contributed by atoms with Gasteiger partial charge in [0, 0.05) is 44.5 Å². The molecule has 1 N–H and O–H groups in total. The molecular formula is C22H31N3O3. The van der Waals surface area contributed by atoms with Gasteiger partial charge in [-0.1, -0.05) is 20.8 Å². The van der Waals surface area contributed by atoms with E-state index >= 15 is 0 Å². The molecule has 0 aliphatic rings. The van der Waals surface area contributed by atoms with Crippen molar-refractivity contribution in [1.29, 1.82) is 0 Å². The van der Waals surface area contributed by atoms with E-state index in [2.05, 4.69) is 19.2 Å². The first kappa shape index (κ1) is 21.5. The molecule has 152 valence electrons. The summed E-state index contributed by atoms with van der Waals surface area (Å²) in [6.07, 6.45) is 1.93. The maximum Gasteiger partial charge on any atom is 0.290 e. The van der Waals surface area contributed by atoms with Gasteiger partial charge in [-0.05, 0) is 48.7 Å². The molecule has 0 saturated carbocycles. The summed E-state index contributed by atoms with van der Waals surface area (Å²) >= 11 is 0. The van der Waals surface area contributed by atoms with E-state index in [1.165, 1.54) is 6.26 Å². The Morgan fingerprint density at radius 2 is 1.86 bits per heavy atom. The Bertz CT molecular complexity index is 797. The van der Waals surface area contributed by atoms with Crippen LogP contribution in [-0.4, -0.2) is 36.9 Å². The van der Waals surface area contributed by atoms with Crippen molar-refractivity contribution >= 4 is 23.2 Å². The first-order chi connectivity index (χ1) is 13.2. The maximum absolute atomic E-state index is 13.1. The van der Waals surface area contributed by atoms with Gasteiger partial charge in [-0.15, -0.1) is 0 Å². The van der Waals surface area contributed by atoms with Gasteiger partial charge in [0.2, 0.25) is 5.91 Å². The molecule has 0 spiro atoms. The summed E-state index contributed by atoms with van der Waals surface area (Å²) in [6.45, 7) is 8.47. The number of rotatable bonds is 8. The smallest absolute Gasteiger partial charge is 0.290 e. The minimum absolute atomic E-state index is 0.0153. The fourth-order valence-corrected chi connectivity index (χ4v) is 2.96. The van der Waals surface area contributed by atoms with Crippen LogP contribution in [0.5, 0.6) is 0 Å². The zero-order chi connectivity index (χ0) is 20.8. The summed E-state index contributed by atoms with van der Waals surface area (Å²) in [5, 5.41) is 2.90. The third kappa shape index (κ3) is 5.15. The summed E-state index contributed by atoms with van der Waals surface area (Å²) in [4.78, 5) is 28.7. The summed E-state index contributed by atoms with van der Waals surface area (Å²) in [5.74, 6) is 0.431. The summed E-state index contributed by atoms with van der Waals surface area (Å²) in [7, 11) is 3.93. The Morgan fingerprint density at radius 3 is 2.39 bits per heavy atom. The van der Waals surface area contributed by atoms with Crippen molar-refractivity contribution in [2.24, 2.45) is 5.92 Å². The lowest BCUT2D eigenvalue weighted by atomic mass is 10.0. The fourth-order valence-electron chi connectivity index (χ4n) is 2.96. The molecule has 0 radical (unpaired) electrons. The number of hydrogen-bond donors (Lipinski definition) is 1. The average molecular weight is 386 g/mol. The summed E-state index contributed by atoms with van der Waals surface area (Å²) in [5.41, 5.74) is 2.70. The Labute approximate surface area is 167 Å². The molecule has 1 aromatic carbocycles. The van der Waals surface area contributed by atoms with Crippen molar-refractivity contribution in [3.63, 3.8) is 0 Å². The van der Waals surface area contributed by atoms with Gasteiger partial charge in [-0.3, -0.25) is 9.59 Å². The number of carbonyl (C=O) groups is 2. The van der Waals surface area contributed by atoms with E-state index in [-0.39, 0.29) is 23.8 Å². The molecule has 6 heteroatoms. The van der Waals surface area contributed by atoms with E-state index in [0.717, 1.165) is 16.9 Å². The minimum atomic E-state index is -0.140. The summed E-state index contributed by atoms with van der Waals surface area (Å²) in [6, 6.07) is 9.22. The van der Waals surface area contributed by atoms with Crippen molar-refractivity contribution in [2.45, 2.75) is 46.7 Å². The van der Waals surface area contributed by atoms with Crippen molar-refractivity contribution in [2.75, 3.05) is 24.3 Å². The van der Waals surface area contributed by atoms with Crippen LogP contribution in [0.15, 0.2) is 41.0 Å². The van der Waals surface area contributed by atoms with Gasteiger partial charge in [0.1, 0.15) is 0 Å². The van der Waals surface area contributed by atoms with Crippen molar-refractivity contribution in [3.8, 4) is 0 Å². The fraction of sp³-hybridized carbons (Fsp3) is 0.455. The van der Waals surface area contributed by atoms with Crippen LogP contribution in [0.4, 0.5) is 11.4 Å². The van der Waals surface area contributed by atoms with Crippen LogP contribution in [0.1, 0.15) is 50.2 Å². The number of anilines is 2. The van der Waals surface area contributed by atoms with Crippen molar-refractivity contribution in [1.82, 2.24) is 4.90 Å². The standard InChI is InChI=1S/C22H31N3O3/c1-7-21(26)23-18-10-11-19(24(5)6)17(13-18)14-25(16(4)15(2)3)22(27)20-9-8-12-28-20/h8-13,15-16H,7,14H2,1-6H3,(H,23,26)/t16-/m1/s1. The van der Waals surface area contributed by atoms with E-state index < -0.39 is 0 Å². The van der Waals surface area contributed by atoms with Gasteiger partial charge in [-0.2, -0.15) is 0 Å². The van der Waals surface area contributed by atoms with E-state index in [9.17, 15) is 9.59 Å². The van der Waals surface area contributed by atoms with Gasteiger partial charge in [0.25, 0.3) is 5.91 Å². The predicted octanol–water partition coefficient (Wildman–Crippen LogP) is 4.38. The predicted molar refractivity (Wildman–Crippen MR) is 113 cm³/mol. The molecule has 0 saturated heterocycles. The third-order valence-corrected chi connectivity index (χ3v) is 4.96. The molecule has 0 unspecified atom stereocenters. The monoisotopic (exact) mass is 385 g/mol. The van der Waals surface area contributed by atoms with Crippen LogP contribution in [0, 0.1) is 5.92 Å². The van der Waals surface area contributed by atoms with Crippen LogP contribution in [0.25, 0.3) is 0 Å². The van der Waals surface area contributed by atoms with Crippen LogP contribution < -0.4 is 10.2 Å². The van der Waals surface area contributed by atoms with Crippen molar-refractivity contribution in [3.05, 3.63) is 47.9 Å². The first-order valence-electron chi connectivity index (χ1n) is 9.69. The molecule has 2 rings (SSSR count). The Hall–Kier alpha value is -2.76. The van der Waals surface area contributed by atoms with E-state index in [1.54, 1.807) is 12.1 Å². The highest BCUT2D eigenvalue weighted by Gasteiger charge is 2.26. The van der Waals surface area contributed by atoms with Gasteiger partial charge in [-0.25, -0.2) is 0 Å². The quantitative estimate of drug-likeness (QED) is 0.732. The van der Waals surface area contributed by atoms with Crippen LogP contribution >= 0.6 is 0 Å². The number of nitrogens with zero attached hydrogens (tertiary/aromatic N) is 2. The maximum atomic E-state index is 13.1. The second-order valence-electron chi connectivity index (χ2n) is 7.53. The number of nitrogens with one attached hydrogen (secondary N) is 1. The van der Waals surface area contributed by atoms with Crippen LogP contribution in [-0.2, 0) is 11.3 Å². The summed E-state index contributed by atoms with van der Waals surface area (Å²) < 4.78 is 5.35. The Kier molecular flexibility index (Phi) is 7.26. The second-order valence-corrected chi connectivity index (χ2v) is 7.53. The molecule has 2 aromatic rings. The average Bonchev–Trinajstić information content (AvgIpc) is 3.19. The van der Waals surface area contributed by atoms with Gasteiger partial charge in [0.05, 0.1) is 6.26 Å². The highest BCUT2D eigenvalue weighted by Crippen LogP contribution is 2.27. The first-order valence-corrected chi connectivity index (χ1v) is 9.69. The zero-order valence-electron chi connectivity index (χ0n) is 17.7. The lowest BCUT2D eigenvalue weighted by Crippen LogP contribution is -2.41. The molecule has 2 amide bonds. The van der Waals surface area contributed by atoms with E-state index in [0.29, 0.717) is 18.7 Å².